The third-order valence-corrected chi connectivity index (χ3v) is 1.91. The Morgan fingerprint density at radius 2 is 2.06 bits per heavy atom. The summed E-state index contributed by atoms with van der Waals surface area (Å²) in [6, 6.07) is 5.52. The van der Waals surface area contributed by atoms with Gasteiger partial charge in [0.25, 0.3) is 0 Å². The summed E-state index contributed by atoms with van der Waals surface area (Å²) in [5.74, 6) is -1.21. The van der Waals surface area contributed by atoms with Crippen LogP contribution in [0.1, 0.15) is 0 Å². The van der Waals surface area contributed by atoms with Gasteiger partial charge in [0.1, 0.15) is 12.4 Å². The van der Waals surface area contributed by atoms with E-state index in [1.54, 1.807) is 0 Å². The van der Waals surface area contributed by atoms with Gasteiger partial charge >= 0.3 is 12.0 Å². The zero-order chi connectivity index (χ0) is 12.3. The molecule has 0 spiro atoms. The van der Waals surface area contributed by atoms with Crippen LogP contribution in [0.2, 0.25) is 0 Å². The van der Waals surface area contributed by atoms with Gasteiger partial charge in [-0.15, -0.1) is 5.10 Å². The smallest absolute Gasteiger partial charge is 0.323 e. The molecule has 2 rings (SSSR count). The van der Waals surface area contributed by atoms with Gasteiger partial charge in [-0.2, -0.15) is 0 Å². The van der Waals surface area contributed by atoms with Gasteiger partial charge in [0.2, 0.25) is 5.89 Å². The summed E-state index contributed by atoms with van der Waals surface area (Å²) < 4.78 is 17.8. The monoisotopic (exact) mass is 237 g/mol. The minimum Gasteiger partial charge on any atom is -0.480 e. The fraction of sp³-hybridized carbons (Fsp3) is 0.100. The molecule has 7 heteroatoms. The van der Waals surface area contributed by atoms with Crippen LogP contribution in [0.3, 0.4) is 0 Å². The average Bonchev–Trinajstić information content (AvgIpc) is 2.76. The summed E-state index contributed by atoms with van der Waals surface area (Å²) >= 11 is 0. The standard InChI is InChI=1S/C10H8FN3O3/c11-7-3-1-6(2-4-7)9-13-14-10(17-9)12-5-8(15)16/h1-4H,5H2,(H,12,14)(H,15,16). The molecule has 0 amide bonds. The van der Waals surface area contributed by atoms with E-state index in [0.717, 1.165) is 0 Å². The molecule has 88 valence electrons. The molecule has 1 aromatic heterocycles. The molecule has 6 nitrogen and oxygen atoms in total. The second kappa shape index (κ2) is 4.60. The largest absolute Gasteiger partial charge is 0.480 e. The first-order chi connectivity index (χ1) is 8.15. The Morgan fingerprint density at radius 3 is 2.71 bits per heavy atom. The van der Waals surface area contributed by atoms with Crippen LogP contribution in [0, 0.1) is 5.82 Å². The molecular formula is C10H8FN3O3. The molecule has 2 N–H and O–H groups in total. The van der Waals surface area contributed by atoms with Crippen molar-refractivity contribution in [2.75, 3.05) is 11.9 Å². The number of anilines is 1. The lowest BCUT2D eigenvalue weighted by Gasteiger charge is -1.95. The number of aliphatic carboxylic acids is 1. The van der Waals surface area contributed by atoms with Gasteiger partial charge in [-0.3, -0.25) is 4.79 Å². The molecule has 0 aliphatic heterocycles. The Bertz CT molecular complexity index is 524. The summed E-state index contributed by atoms with van der Waals surface area (Å²) in [5, 5.41) is 18.2. The van der Waals surface area contributed by atoms with Crippen molar-refractivity contribution in [2.24, 2.45) is 0 Å². The van der Waals surface area contributed by atoms with Crippen molar-refractivity contribution in [1.29, 1.82) is 0 Å². The number of carboxylic acid groups (broad SMARTS) is 1. The van der Waals surface area contributed by atoms with Crippen molar-refractivity contribution in [2.45, 2.75) is 0 Å². The molecule has 0 bridgehead atoms. The fourth-order valence-electron chi connectivity index (χ4n) is 1.16. The maximum absolute atomic E-state index is 12.7. The Kier molecular flexibility index (Phi) is 2.99. The molecule has 0 unspecified atom stereocenters. The van der Waals surface area contributed by atoms with Crippen molar-refractivity contribution in [3.05, 3.63) is 30.1 Å². The molecule has 2 aromatic rings. The summed E-state index contributed by atoms with van der Waals surface area (Å²) in [6.07, 6.45) is 0. The zero-order valence-electron chi connectivity index (χ0n) is 8.55. The van der Waals surface area contributed by atoms with E-state index < -0.39 is 5.97 Å². The highest BCUT2D eigenvalue weighted by Gasteiger charge is 2.08. The Hall–Kier alpha value is -2.44. The van der Waals surface area contributed by atoms with Crippen LogP contribution in [0.25, 0.3) is 11.5 Å². The maximum atomic E-state index is 12.7. The predicted molar refractivity (Wildman–Crippen MR) is 55.8 cm³/mol. The first-order valence-corrected chi connectivity index (χ1v) is 4.70. The number of aromatic nitrogens is 2. The third kappa shape index (κ3) is 2.77. The molecule has 0 saturated carbocycles. The lowest BCUT2D eigenvalue weighted by Crippen LogP contribution is -2.12. The molecule has 17 heavy (non-hydrogen) atoms. The average molecular weight is 237 g/mol. The Balaban J connectivity index is 2.12. The third-order valence-electron chi connectivity index (χ3n) is 1.91. The van der Waals surface area contributed by atoms with E-state index in [0.29, 0.717) is 5.56 Å². The highest BCUT2D eigenvalue weighted by molar-refractivity contribution is 5.71. The first-order valence-electron chi connectivity index (χ1n) is 4.70. The number of hydrogen-bond donors (Lipinski definition) is 2. The molecule has 0 atom stereocenters. The highest BCUT2D eigenvalue weighted by Crippen LogP contribution is 2.19. The van der Waals surface area contributed by atoms with Crippen LogP contribution in [-0.2, 0) is 4.79 Å². The normalized spacial score (nSPS) is 10.2. The molecule has 0 aliphatic rings. The maximum Gasteiger partial charge on any atom is 0.323 e. The van der Waals surface area contributed by atoms with E-state index in [1.807, 2.05) is 0 Å². The second-order valence-corrected chi connectivity index (χ2v) is 3.17. The number of benzene rings is 1. The van der Waals surface area contributed by atoms with Crippen LogP contribution < -0.4 is 5.32 Å². The SMILES string of the molecule is O=C(O)CNc1nnc(-c2ccc(F)cc2)o1. The lowest BCUT2D eigenvalue weighted by atomic mass is 10.2. The van der Waals surface area contributed by atoms with E-state index >= 15 is 0 Å². The van der Waals surface area contributed by atoms with Gasteiger partial charge in [-0.25, -0.2) is 4.39 Å². The van der Waals surface area contributed by atoms with Gasteiger partial charge < -0.3 is 14.8 Å². The van der Waals surface area contributed by atoms with Gasteiger partial charge in [-0.05, 0) is 24.3 Å². The van der Waals surface area contributed by atoms with Crippen molar-refractivity contribution in [3.8, 4) is 11.5 Å². The predicted octanol–water partition coefficient (Wildman–Crippen LogP) is 1.37. The van der Waals surface area contributed by atoms with Gasteiger partial charge in [0.05, 0.1) is 0 Å². The molecule has 0 radical (unpaired) electrons. The number of rotatable bonds is 4. The van der Waals surface area contributed by atoms with Crippen LogP contribution in [0.15, 0.2) is 28.7 Å². The van der Waals surface area contributed by atoms with Crippen molar-refractivity contribution < 1.29 is 18.7 Å². The minimum atomic E-state index is -1.04. The fourth-order valence-corrected chi connectivity index (χ4v) is 1.16. The lowest BCUT2D eigenvalue weighted by molar-refractivity contribution is -0.134. The first kappa shape index (κ1) is 11.1. The van der Waals surface area contributed by atoms with E-state index in [1.165, 1.54) is 24.3 Å². The van der Waals surface area contributed by atoms with E-state index in [-0.39, 0.29) is 24.3 Å². The quantitative estimate of drug-likeness (QED) is 0.834. The topological polar surface area (TPSA) is 88.2 Å². The summed E-state index contributed by atoms with van der Waals surface area (Å²) in [7, 11) is 0. The molecule has 0 aliphatic carbocycles. The zero-order valence-corrected chi connectivity index (χ0v) is 8.55. The van der Waals surface area contributed by atoms with E-state index in [2.05, 4.69) is 15.5 Å². The van der Waals surface area contributed by atoms with Crippen molar-refractivity contribution in [3.63, 3.8) is 0 Å². The summed E-state index contributed by atoms with van der Waals surface area (Å²) in [6.45, 7) is -0.314. The van der Waals surface area contributed by atoms with Gasteiger partial charge in [0.15, 0.2) is 0 Å². The van der Waals surface area contributed by atoms with Crippen LogP contribution in [-0.4, -0.2) is 27.8 Å². The summed E-state index contributed by atoms with van der Waals surface area (Å²) in [4.78, 5) is 10.3. The number of carboxylic acids is 1. The summed E-state index contributed by atoms with van der Waals surface area (Å²) in [5.41, 5.74) is 0.558. The van der Waals surface area contributed by atoms with E-state index in [9.17, 15) is 9.18 Å². The van der Waals surface area contributed by atoms with E-state index in [4.69, 9.17) is 9.52 Å². The Labute approximate surface area is 95.1 Å². The Morgan fingerprint density at radius 1 is 1.35 bits per heavy atom. The van der Waals surface area contributed by atoms with Gasteiger partial charge in [0, 0.05) is 5.56 Å². The van der Waals surface area contributed by atoms with Crippen LogP contribution >= 0.6 is 0 Å². The van der Waals surface area contributed by atoms with Crippen molar-refractivity contribution in [1.82, 2.24) is 10.2 Å². The molecule has 0 fully saturated rings. The van der Waals surface area contributed by atoms with Crippen molar-refractivity contribution >= 4 is 12.0 Å². The number of halogens is 1. The molecule has 1 heterocycles. The van der Waals surface area contributed by atoms with Gasteiger partial charge in [-0.1, -0.05) is 5.10 Å². The van der Waals surface area contributed by atoms with Crippen LogP contribution in [0.5, 0.6) is 0 Å². The number of hydrogen-bond acceptors (Lipinski definition) is 5. The number of nitrogens with zero attached hydrogens (tertiary/aromatic N) is 2. The number of nitrogens with one attached hydrogen (secondary N) is 1. The minimum absolute atomic E-state index is 0.00623. The van der Waals surface area contributed by atoms with Crippen LogP contribution in [0.4, 0.5) is 10.4 Å². The molecule has 1 aromatic carbocycles. The highest BCUT2D eigenvalue weighted by atomic mass is 19.1. The number of carbonyl (C=O) groups is 1. The molecule has 0 saturated heterocycles. The molecular weight excluding hydrogens is 229 g/mol. The second-order valence-electron chi connectivity index (χ2n) is 3.17.